The van der Waals surface area contributed by atoms with Crippen LogP contribution in [0.3, 0.4) is 0 Å². The van der Waals surface area contributed by atoms with E-state index in [4.69, 9.17) is 0 Å². The molecule has 2 aromatic heterocycles. The monoisotopic (exact) mass is 387 g/mol. The van der Waals surface area contributed by atoms with E-state index in [0.29, 0.717) is 16.4 Å². The number of rotatable bonds is 3. The molecule has 8 heteroatoms. The number of hydrogen-bond acceptors (Lipinski definition) is 5. The molecule has 0 saturated carbocycles. The first-order chi connectivity index (χ1) is 11.1. The minimum Gasteiger partial charge on any atom is -0.300 e. The maximum Gasteiger partial charge on any atom is 0.270 e. The fraction of sp³-hybridized carbons (Fsp3) is 0.0667. The van der Waals surface area contributed by atoms with Crippen LogP contribution in [0.5, 0.6) is 0 Å². The second-order valence-corrected chi connectivity index (χ2v) is 6.18. The van der Waals surface area contributed by atoms with Crippen molar-refractivity contribution >= 4 is 27.7 Å². The first kappa shape index (κ1) is 15.5. The molecule has 0 saturated heterocycles. The van der Waals surface area contributed by atoms with Crippen molar-refractivity contribution in [1.29, 1.82) is 5.26 Å². The van der Waals surface area contributed by atoms with Gasteiger partial charge in [0.2, 0.25) is 0 Å². The van der Waals surface area contributed by atoms with Gasteiger partial charge in [-0.1, -0.05) is 17.8 Å². The molecule has 6 nitrogen and oxygen atoms in total. The highest BCUT2D eigenvalue weighted by molar-refractivity contribution is 9.10. The third-order valence-corrected chi connectivity index (χ3v) is 4.39. The van der Waals surface area contributed by atoms with Gasteiger partial charge in [0.25, 0.3) is 5.56 Å². The number of H-pyrrole nitrogens is 1. The van der Waals surface area contributed by atoms with Crippen LogP contribution in [0.1, 0.15) is 5.56 Å². The summed E-state index contributed by atoms with van der Waals surface area (Å²) in [6.07, 6.45) is 5.33. The molecule has 1 aromatic carbocycles. The summed E-state index contributed by atoms with van der Waals surface area (Å²) in [5, 5.41) is 13.9. The van der Waals surface area contributed by atoms with E-state index in [1.54, 1.807) is 10.9 Å². The van der Waals surface area contributed by atoms with Crippen LogP contribution in [-0.4, -0.2) is 26.0 Å². The Morgan fingerprint density at radius 1 is 1.43 bits per heavy atom. The number of nitriles is 1. The summed E-state index contributed by atoms with van der Waals surface area (Å²) in [4.78, 5) is 19.0. The minimum atomic E-state index is -0.436. The summed E-state index contributed by atoms with van der Waals surface area (Å²) in [6.45, 7) is 0. The van der Waals surface area contributed by atoms with Crippen LogP contribution in [-0.2, 0) is 0 Å². The highest BCUT2D eigenvalue weighted by Crippen LogP contribution is 2.28. The molecular formula is C15H10BrN5OS. The second kappa shape index (κ2) is 6.40. The van der Waals surface area contributed by atoms with Crippen molar-refractivity contribution in [2.24, 2.45) is 0 Å². The van der Waals surface area contributed by atoms with Crippen LogP contribution in [0.4, 0.5) is 0 Å². The highest BCUT2D eigenvalue weighted by atomic mass is 79.9. The number of nitrogens with zero attached hydrogens (tertiary/aromatic N) is 4. The van der Waals surface area contributed by atoms with Crippen LogP contribution in [0.15, 0.2) is 51.1 Å². The van der Waals surface area contributed by atoms with Crippen LogP contribution in [0, 0.1) is 11.3 Å². The highest BCUT2D eigenvalue weighted by Gasteiger charge is 2.14. The zero-order chi connectivity index (χ0) is 16.4. The van der Waals surface area contributed by atoms with E-state index in [-0.39, 0.29) is 5.56 Å². The normalized spacial score (nSPS) is 10.5. The molecule has 0 bridgehead atoms. The lowest BCUT2D eigenvalue weighted by Gasteiger charge is -2.09. The van der Waals surface area contributed by atoms with Gasteiger partial charge >= 0.3 is 0 Å². The third-order valence-electron chi connectivity index (χ3n) is 3.18. The minimum absolute atomic E-state index is 0.00143. The lowest BCUT2D eigenvalue weighted by molar-refractivity contribution is 0.876. The standard InChI is InChI=1S/C15H10BrN5OS/c1-23-15-19-13(10(8-17)14(22)20-15)9-3-4-12(11(16)7-9)21-6-2-5-18-21/h2-7H,1H3,(H,19,20,22). The molecule has 0 aliphatic carbocycles. The zero-order valence-corrected chi connectivity index (χ0v) is 14.3. The fourth-order valence-electron chi connectivity index (χ4n) is 2.11. The Morgan fingerprint density at radius 3 is 2.87 bits per heavy atom. The van der Waals surface area contributed by atoms with E-state index in [9.17, 15) is 10.1 Å². The number of benzene rings is 1. The third kappa shape index (κ3) is 2.93. The molecule has 0 atom stereocenters. The van der Waals surface area contributed by atoms with Crippen molar-refractivity contribution in [3.05, 3.63) is 57.0 Å². The Bertz CT molecular complexity index is 959. The summed E-state index contributed by atoms with van der Waals surface area (Å²) in [6, 6.07) is 9.25. The molecule has 1 N–H and O–H groups in total. The van der Waals surface area contributed by atoms with E-state index in [1.807, 2.05) is 42.8 Å². The Balaban J connectivity index is 2.17. The van der Waals surface area contributed by atoms with Gasteiger partial charge in [-0.2, -0.15) is 10.4 Å². The number of halogens is 1. The SMILES string of the molecule is CSc1nc(-c2ccc(-n3cccn3)c(Br)c2)c(C#N)c(=O)[nH]1. The number of aromatic amines is 1. The maximum atomic E-state index is 12.0. The van der Waals surface area contributed by atoms with Gasteiger partial charge in [-0.3, -0.25) is 4.79 Å². The molecule has 3 rings (SSSR count). The van der Waals surface area contributed by atoms with Gasteiger partial charge in [-0.05, 0) is 40.4 Å². The van der Waals surface area contributed by atoms with Crippen LogP contribution in [0.25, 0.3) is 16.9 Å². The first-order valence-electron chi connectivity index (χ1n) is 6.52. The Labute approximate surface area is 144 Å². The topological polar surface area (TPSA) is 87.4 Å². The quantitative estimate of drug-likeness (QED) is 0.551. The predicted octanol–water partition coefficient (Wildman–Crippen LogP) is 2.98. The summed E-state index contributed by atoms with van der Waals surface area (Å²) < 4.78 is 2.51. The average molecular weight is 388 g/mol. The Kier molecular flexibility index (Phi) is 4.32. The Morgan fingerprint density at radius 2 is 2.26 bits per heavy atom. The molecule has 0 spiro atoms. The van der Waals surface area contributed by atoms with Gasteiger partial charge in [-0.15, -0.1) is 0 Å². The van der Waals surface area contributed by atoms with Crippen molar-refractivity contribution < 1.29 is 0 Å². The molecule has 0 aliphatic rings. The summed E-state index contributed by atoms with van der Waals surface area (Å²) in [5.74, 6) is 0. The van der Waals surface area contributed by atoms with E-state index in [2.05, 4.69) is 31.0 Å². The number of nitrogens with one attached hydrogen (secondary N) is 1. The Hall–Kier alpha value is -2.37. The molecule has 0 unspecified atom stereocenters. The van der Waals surface area contributed by atoms with Crippen molar-refractivity contribution in [3.63, 3.8) is 0 Å². The molecule has 0 amide bonds. The van der Waals surface area contributed by atoms with Crippen molar-refractivity contribution in [3.8, 4) is 23.0 Å². The van der Waals surface area contributed by atoms with Crippen LogP contribution < -0.4 is 5.56 Å². The largest absolute Gasteiger partial charge is 0.300 e. The molecule has 114 valence electrons. The first-order valence-corrected chi connectivity index (χ1v) is 8.54. The number of hydrogen-bond donors (Lipinski definition) is 1. The van der Waals surface area contributed by atoms with Crippen LogP contribution in [0.2, 0.25) is 0 Å². The van der Waals surface area contributed by atoms with E-state index in [1.165, 1.54) is 11.8 Å². The average Bonchev–Trinajstić information content (AvgIpc) is 3.08. The van der Waals surface area contributed by atoms with Gasteiger partial charge in [0.05, 0.1) is 11.4 Å². The van der Waals surface area contributed by atoms with Gasteiger partial charge in [0, 0.05) is 22.4 Å². The van der Waals surface area contributed by atoms with Crippen molar-refractivity contribution in [2.45, 2.75) is 5.16 Å². The van der Waals surface area contributed by atoms with Gasteiger partial charge in [0.15, 0.2) is 5.16 Å². The van der Waals surface area contributed by atoms with Gasteiger partial charge in [0.1, 0.15) is 11.6 Å². The summed E-state index contributed by atoms with van der Waals surface area (Å²) in [5.41, 5.74) is 1.47. The number of thioether (sulfide) groups is 1. The molecular weight excluding hydrogens is 378 g/mol. The fourth-order valence-corrected chi connectivity index (χ4v) is 3.05. The summed E-state index contributed by atoms with van der Waals surface area (Å²) >= 11 is 4.82. The van der Waals surface area contributed by atoms with Gasteiger partial charge in [-0.25, -0.2) is 9.67 Å². The predicted molar refractivity (Wildman–Crippen MR) is 91.6 cm³/mol. The smallest absolute Gasteiger partial charge is 0.270 e. The molecule has 0 aliphatic heterocycles. The lowest BCUT2D eigenvalue weighted by atomic mass is 10.1. The number of aromatic nitrogens is 4. The molecule has 0 radical (unpaired) electrons. The molecule has 3 aromatic rings. The zero-order valence-electron chi connectivity index (χ0n) is 11.9. The second-order valence-electron chi connectivity index (χ2n) is 4.53. The van der Waals surface area contributed by atoms with Crippen molar-refractivity contribution in [1.82, 2.24) is 19.7 Å². The van der Waals surface area contributed by atoms with E-state index < -0.39 is 5.56 Å². The van der Waals surface area contributed by atoms with E-state index in [0.717, 1.165) is 10.2 Å². The van der Waals surface area contributed by atoms with E-state index >= 15 is 0 Å². The maximum absolute atomic E-state index is 12.0. The molecule has 0 fully saturated rings. The van der Waals surface area contributed by atoms with Crippen molar-refractivity contribution in [2.75, 3.05) is 6.26 Å². The van der Waals surface area contributed by atoms with Crippen LogP contribution >= 0.6 is 27.7 Å². The molecule has 23 heavy (non-hydrogen) atoms. The lowest BCUT2D eigenvalue weighted by Crippen LogP contribution is -2.14. The molecule has 2 heterocycles. The summed E-state index contributed by atoms with van der Waals surface area (Å²) in [7, 11) is 0. The van der Waals surface area contributed by atoms with Gasteiger partial charge < -0.3 is 4.98 Å².